The molecule has 7 heteroatoms. The monoisotopic (exact) mass is 271 g/mol. The molecule has 1 amide bonds. The molecule has 0 aliphatic carbocycles. The number of nitrogens with one attached hydrogen (secondary N) is 1. The van der Waals surface area contributed by atoms with Crippen LogP contribution in [0.5, 0.6) is 0 Å². The van der Waals surface area contributed by atoms with Gasteiger partial charge in [-0.15, -0.1) is 10.2 Å². The van der Waals surface area contributed by atoms with E-state index < -0.39 is 0 Å². The largest absolute Gasteiger partial charge is 0.351 e. The van der Waals surface area contributed by atoms with Gasteiger partial charge in [-0.1, -0.05) is 11.8 Å². The lowest BCUT2D eigenvalue weighted by molar-refractivity contribution is -0.119. The first-order valence-electron chi connectivity index (χ1n) is 5.87. The average Bonchev–Trinajstić information content (AvgIpc) is 2.56. The fraction of sp³-hybridized carbons (Fsp3) is 0.727. The summed E-state index contributed by atoms with van der Waals surface area (Å²) in [6.45, 7) is 8.94. The summed E-state index contributed by atoms with van der Waals surface area (Å²) in [6, 6.07) is 0. The van der Waals surface area contributed by atoms with Gasteiger partial charge in [-0.05, 0) is 27.7 Å². The number of amides is 1. The molecule has 1 rings (SSSR count). The van der Waals surface area contributed by atoms with E-state index in [0.717, 1.165) is 11.0 Å². The van der Waals surface area contributed by atoms with Gasteiger partial charge in [0.1, 0.15) is 5.82 Å². The minimum atomic E-state index is -0.210. The Morgan fingerprint density at radius 2 is 2.11 bits per heavy atom. The summed E-state index contributed by atoms with van der Waals surface area (Å²) in [5.41, 5.74) is 5.32. The van der Waals surface area contributed by atoms with E-state index in [1.807, 2.05) is 32.3 Å². The van der Waals surface area contributed by atoms with E-state index in [2.05, 4.69) is 15.5 Å². The second-order valence-electron chi connectivity index (χ2n) is 5.06. The number of aryl methyl sites for hydroxylation is 1. The van der Waals surface area contributed by atoms with Gasteiger partial charge in [0.25, 0.3) is 0 Å². The lowest BCUT2D eigenvalue weighted by Crippen LogP contribution is -2.41. The predicted molar refractivity (Wildman–Crippen MR) is 72.4 cm³/mol. The summed E-state index contributed by atoms with van der Waals surface area (Å²) in [6.07, 6.45) is 0. The normalized spacial score (nSPS) is 11.6. The molecular weight excluding hydrogens is 250 g/mol. The molecule has 0 unspecified atom stereocenters. The lowest BCUT2D eigenvalue weighted by atomic mass is 10.1. The van der Waals surface area contributed by atoms with Crippen LogP contribution in [-0.2, 0) is 11.3 Å². The summed E-state index contributed by atoms with van der Waals surface area (Å²) in [5.74, 6) is 1.15. The van der Waals surface area contributed by atoms with Crippen molar-refractivity contribution >= 4 is 17.7 Å². The van der Waals surface area contributed by atoms with Crippen LogP contribution in [0.2, 0.25) is 0 Å². The second-order valence-corrected chi connectivity index (χ2v) is 6.00. The Morgan fingerprint density at radius 3 is 2.67 bits per heavy atom. The maximum atomic E-state index is 11.7. The van der Waals surface area contributed by atoms with E-state index >= 15 is 0 Å². The van der Waals surface area contributed by atoms with Crippen molar-refractivity contribution in [3.63, 3.8) is 0 Å². The van der Waals surface area contributed by atoms with E-state index in [0.29, 0.717) is 18.8 Å². The molecule has 0 aliphatic heterocycles. The van der Waals surface area contributed by atoms with Gasteiger partial charge in [0.15, 0.2) is 5.16 Å². The van der Waals surface area contributed by atoms with E-state index in [1.165, 1.54) is 11.8 Å². The molecule has 0 aliphatic rings. The maximum absolute atomic E-state index is 11.7. The molecule has 3 N–H and O–H groups in total. The highest BCUT2D eigenvalue weighted by Gasteiger charge is 2.15. The number of aromatic nitrogens is 3. The van der Waals surface area contributed by atoms with Crippen molar-refractivity contribution in [1.29, 1.82) is 0 Å². The van der Waals surface area contributed by atoms with Crippen LogP contribution in [-0.4, -0.2) is 38.5 Å². The number of carbonyl (C=O) groups is 1. The third-order valence-electron chi connectivity index (χ3n) is 2.10. The predicted octanol–water partition coefficient (Wildman–Crippen LogP) is 0.552. The lowest BCUT2D eigenvalue weighted by Gasteiger charge is -2.20. The average molecular weight is 271 g/mol. The Balaban J connectivity index is 2.56. The first kappa shape index (κ1) is 15.0. The Morgan fingerprint density at radius 1 is 1.44 bits per heavy atom. The number of thioether (sulfide) groups is 1. The van der Waals surface area contributed by atoms with Crippen molar-refractivity contribution in [2.24, 2.45) is 5.73 Å². The first-order valence-corrected chi connectivity index (χ1v) is 6.85. The Labute approximate surface area is 112 Å². The van der Waals surface area contributed by atoms with Gasteiger partial charge >= 0.3 is 0 Å². The number of hydrogen-bond donors (Lipinski definition) is 2. The molecule has 0 atom stereocenters. The molecule has 0 spiro atoms. The van der Waals surface area contributed by atoms with Gasteiger partial charge in [0, 0.05) is 18.6 Å². The molecule has 0 radical (unpaired) electrons. The maximum Gasteiger partial charge on any atom is 0.230 e. The van der Waals surface area contributed by atoms with Crippen LogP contribution < -0.4 is 11.1 Å². The van der Waals surface area contributed by atoms with Crippen LogP contribution in [0.25, 0.3) is 0 Å². The highest BCUT2D eigenvalue weighted by atomic mass is 32.2. The molecule has 0 saturated carbocycles. The zero-order valence-corrected chi connectivity index (χ0v) is 12.2. The van der Waals surface area contributed by atoms with Crippen LogP contribution in [0.4, 0.5) is 0 Å². The summed E-state index contributed by atoms with van der Waals surface area (Å²) < 4.78 is 1.93. The van der Waals surface area contributed by atoms with Gasteiger partial charge in [-0.3, -0.25) is 4.79 Å². The van der Waals surface area contributed by atoms with Crippen LogP contribution in [0.15, 0.2) is 5.16 Å². The fourth-order valence-electron chi connectivity index (χ4n) is 1.44. The number of nitrogens with two attached hydrogens (primary N) is 1. The summed E-state index contributed by atoms with van der Waals surface area (Å²) in [4.78, 5) is 11.7. The zero-order valence-electron chi connectivity index (χ0n) is 11.4. The number of nitrogens with zero attached hydrogens (tertiary/aromatic N) is 3. The number of carbonyl (C=O) groups excluding carboxylic acids is 1. The van der Waals surface area contributed by atoms with Crippen molar-refractivity contribution in [2.75, 3.05) is 12.3 Å². The molecular formula is C11H21N5OS. The molecule has 102 valence electrons. The molecule has 1 aromatic heterocycles. The summed E-state index contributed by atoms with van der Waals surface area (Å²) >= 11 is 1.38. The van der Waals surface area contributed by atoms with Crippen molar-refractivity contribution in [3.05, 3.63) is 5.82 Å². The Hall–Kier alpha value is -1.08. The minimum Gasteiger partial charge on any atom is -0.351 e. The molecule has 1 heterocycles. The number of hydrogen-bond acceptors (Lipinski definition) is 5. The van der Waals surface area contributed by atoms with Crippen LogP contribution in [0, 0.1) is 6.92 Å². The third-order valence-corrected chi connectivity index (χ3v) is 3.07. The second kappa shape index (κ2) is 6.19. The summed E-state index contributed by atoms with van der Waals surface area (Å²) in [5, 5.41) is 11.7. The molecule has 0 saturated heterocycles. The standard InChI is InChI=1S/C11H21N5OS/c1-8-14-15-10(16(8)6-5-12)18-7-9(17)13-11(2,3)4/h5-7,12H2,1-4H3,(H,13,17). The Kier molecular flexibility index (Phi) is 5.15. The smallest absolute Gasteiger partial charge is 0.230 e. The Bertz CT molecular complexity index is 410. The fourth-order valence-corrected chi connectivity index (χ4v) is 2.25. The van der Waals surface area contributed by atoms with Crippen LogP contribution in [0.3, 0.4) is 0 Å². The van der Waals surface area contributed by atoms with Gasteiger partial charge in [0.2, 0.25) is 5.91 Å². The van der Waals surface area contributed by atoms with E-state index in [9.17, 15) is 4.79 Å². The highest BCUT2D eigenvalue weighted by Crippen LogP contribution is 2.16. The van der Waals surface area contributed by atoms with Gasteiger partial charge in [-0.25, -0.2) is 0 Å². The minimum absolute atomic E-state index is 0.00699. The topological polar surface area (TPSA) is 85.8 Å². The van der Waals surface area contributed by atoms with Gasteiger partial charge in [0.05, 0.1) is 5.75 Å². The van der Waals surface area contributed by atoms with Gasteiger partial charge < -0.3 is 15.6 Å². The molecule has 1 aromatic rings. The zero-order chi connectivity index (χ0) is 13.8. The molecule has 0 fully saturated rings. The highest BCUT2D eigenvalue weighted by molar-refractivity contribution is 7.99. The first-order chi connectivity index (χ1) is 8.33. The van der Waals surface area contributed by atoms with Crippen molar-refractivity contribution in [1.82, 2.24) is 20.1 Å². The van der Waals surface area contributed by atoms with Crippen LogP contribution in [0.1, 0.15) is 26.6 Å². The number of rotatable bonds is 5. The van der Waals surface area contributed by atoms with Crippen molar-refractivity contribution in [3.8, 4) is 0 Å². The van der Waals surface area contributed by atoms with E-state index in [-0.39, 0.29) is 11.4 Å². The molecule has 6 nitrogen and oxygen atoms in total. The quantitative estimate of drug-likeness (QED) is 0.764. The van der Waals surface area contributed by atoms with E-state index in [4.69, 9.17) is 5.73 Å². The molecule has 18 heavy (non-hydrogen) atoms. The van der Waals surface area contributed by atoms with Crippen molar-refractivity contribution in [2.45, 2.75) is 44.9 Å². The summed E-state index contributed by atoms with van der Waals surface area (Å²) in [7, 11) is 0. The third kappa shape index (κ3) is 4.66. The van der Waals surface area contributed by atoms with E-state index in [1.54, 1.807) is 0 Å². The van der Waals surface area contributed by atoms with Crippen molar-refractivity contribution < 1.29 is 4.79 Å². The van der Waals surface area contributed by atoms with Crippen LogP contribution >= 0.6 is 11.8 Å². The SMILES string of the molecule is Cc1nnc(SCC(=O)NC(C)(C)C)n1CCN. The van der Waals surface area contributed by atoms with Gasteiger partial charge in [-0.2, -0.15) is 0 Å². The molecule has 0 aromatic carbocycles. The molecule has 0 bridgehead atoms.